The van der Waals surface area contributed by atoms with Crippen molar-refractivity contribution in [2.75, 3.05) is 6.54 Å². The van der Waals surface area contributed by atoms with Crippen LogP contribution in [-0.2, 0) is 0 Å². The normalized spacial score (nSPS) is 12.9. The van der Waals surface area contributed by atoms with Gasteiger partial charge in [0.25, 0.3) is 0 Å². The van der Waals surface area contributed by atoms with Gasteiger partial charge in [-0.25, -0.2) is 0 Å². The molecule has 0 aliphatic rings. The molecule has 1 atom stereocenters. The van der Waals surface area contributed by atoms with Crippen molar-refractivity contribution in [2.45, 2.75) is 33.7 Å². The molecule has 2 aromatic rings. The Morgan fingerprint density at radius 3 is 2.35 bits per heavy atom. The molecule has 2 rings (SSSR count). The minimum atomic E-state index is 0.364. The molecule has 2 heterocycles. The van der Waals surface area contributed by atoms with E-state index in [9.17, 15) is 0 Å². The van der Waals surface area contributed by atoms with E-state index in [1.807, 2.05) is 22.7 Å². The summed E-state index contributed by atoms with van der Waals surface area (Å²) in [6.07, 6.45) is 0. The molecule has 0 saturated carbocycles. The Balaban J connectivity index is 2.38. The van der Waals surface area contributed by atoms with Gasteiger partial charge in [-0.2, -0.15) is 0 Å². The van der Waals surface area contributed by atoms with Gasteiger partial charge in [-0.05, 0) is 51.1 Å². The van der Waals surface area contributed by atoms with Crippen LogP contribution in [0, 0.1) is 20.8 Å². The summed E-state index contributed by atoms with van der Waals surface area (Å²) in [5.41, 5.74) is 1.44. The molecule has 2 aromatic heterocycles. The molecule has 1 nitrogen and oxygen atoms in total. The van der Waals surface area contributed by atoms with Crippen molar-refractivity contribution in [1.29, 1.82) is 0 Å². The smallest absolute Gasteiger partial charge is 0.0681 e. The van der Waals surface area contributed by atoms with Gasteiger partial charge >= 0.3 is 0 Å². The van der Waals surface area contributed by atoms with Crippen molar-refractivity contribution in [3.63, 3.8) is 0 Å². The highest BCUT2D eigenvalue weighted by atomic mass is 32.1. The summed E-state index contributed by atoms with van der Waals surface area (Å²) >= 11 is 3.78. The Morgan fingerprint density at radius 2 is 1.88 bits per heavy atom. The molecule has 0 spiro atoms. The summed E-state index contributed by atoms with van der Waals surface area (Å²) in [4.78, 5) is 5.63. The number of nitrogens with one attached hydrogen (secondary N) is 1. The first kappa shape index (κ1) is 12.8. The van der Waals surface area contributed by atoms with Crippen molar-refractivity contribution in [3.05, 3.63) is 43.3 Å². The van der Waals surface area contributed by atoms with E-state index in [1.54, 1.807) is 0 Å². The van der Waals surface area contributed by atoms with Gasteiger partial charge in [0.15, 0.2) is 0 Å². The molecule has 0 saturated heterocycles. The second-order valence-corrected chi connectivity index (χ2v) is 7.09. The van der Waals surface area contributed by atoms with E-state index in [0.29, 0.717) is 6.04 Å². The Bertz CT molecular complexity index is 496. The van der Waals surface area contributed by atoms with Gasteiger partial charge in [0.2, 0.25) is 0 Å². The zero-order chi connectivity index (χ0) is 12.4. The lowest BCUT2D eigenvalue weighted by Crippen LogP contribution is -2.21. The molecule has 0 bridgehead atoms. The second-order valence-electron chi connectivity index (χ2n) is 4.31. The van der Waals surface area contributed by atoms with Crippen LogP contribution in [0.25, 0.3) is 0 Å². The van der Waals surface area contributed by atoms with Gasteiger partial charge in [0.05, 0.1) is 6.04 Å². The van der Waals surface area contributed by atoms with E-state index >= 15 is 0 Å². The monoisotopic (exact) mass is 265 g/mol. The molecule has 92 valence electrons. The van der Waals surface area contributed by atoms with E-state index in [1.165, 1.54) is 25.1 Å². The highest BCUT2D eigenvalue weighted by Crippen LogP contribution is 2.33. The fraction of sp³-hybridized carbons (Fsp3) is 0.429. The first-order chi connectivity index (χ1) is 8.11. The van der Waals surface area contributed by atoms with E-state index in [0.717, 1.165) is 6.54 Å². The predicted molar refractivity (Wildman–Crippen MR) is 78.4 cm³/mol. The number of aryl methyl sites for hydroxylation is 3. The van der Waals surface area contributed by atoms with Gasteiger partial charge < -0.3 is 5.32 Å². The number of hydrogen-bond acceptors (Lipinski definition) is 3. The Labute approximate surface area is 112 Å². The Kier molecular flexibility index (Phi) is 4.02. The number of hydrogen-bond donors (Lipinski definition) is 1. The van der Waals surface area contributed by atoms with Crippen LogP contribution in [-0.4, -0.2) is 6.54 Å². The van der Waals surface area contributed by atoms with Crippen LogP contribution in [0.5, 0.6) is 0 Å². The van der Waals surface area contributed by atoms with Crippen LogP contribution in [0.3, 0.4) is 0 Å². The van der Waals surface area contributed by atoms with Crippen molar-refractivity contribution in [3.8, 4) is 0 Å². The summed E-state index contributed by atoms with van der Waals surface area (Å²) < 4.78 is 0. The van der Waals surface area contributed by atoms with Crippen molar-refractivity contribution in [1.82, 2.24) is 5.32 Å². The number of thiophene rings is 2. The maximum Gasteiger partial charge on any atom is 0.0681 e. The molecule has 0 fully saturated rings. The van der Waals surface area contributed by atoms with Crippen LogP contribution in [0.15, 0.2) is 18.2 Å². The molecular weight excluding hydrogens is 246 g/mol. The van der Waals surface area contributed by atoms with Gasteiger partial charge in [-0.3, -0.25) is 0 Å². The van der Waals surface area contributed by atoms with Gasteiger partial charge in [0.1, 0.15) is 0 Å². The average Bonchev–Trinajstić information content (AvgIpc) is 2.82. The minimum Gasteiger partial charge on any atom is -0.306 e. The summed E-state index contributed by atoms with van der Waals surface area (Å²) in [6.45, 7) is 9.74. The topological polar surface area (TPSA) is 12.0 Å². The van der Waals surface area contributed by atoms with E-state index in [2.05, 4.69) is 51.2 Å². The molecule has 0 aliphatic heterocycles. The van der Waals surface area contributed by atoms with E-state index < -0.39 is 0 Å². The van der Waals surface area contributed by atoms with Gasteiger partial charge in [-0.15, -0.1) is 22.7 Å². The first-order valence-electron chi connectivity index (χ1n) is 5.98. The van der Waals surface area contributed by atoms with Crippen LogP contribution < -0.4 is 5.32 Å². The lowest BCUT2D eigenvalue weighted by molar-refractivity contribution is 0.639. The summed E-state index contributed by atoms with van der Waals surface area (Å²) in [6, 6.07) is 7.14. The maximum atomic E-state index is 3.60. The van der Waals surface area contributed by atoms with Gasteiger partial charge in [0, 0.05) is 19.5 Å². The van der Waals surface area contributed by atoms with Crippen molar-refractivity contribution in [2.24, 2.45) is 0 Å². The zero-order valence-corrected chi connectivity index (χ0v) is 12.5. The molecule has 3 heteroatoms. The third kappa shape index (κ3) is 2.79. The van der Waals surface area contributed by atoms with Crippen LogP contribution in [0.1, 0.15) is 38.0 Å². The molecule has 1 N–H and O–H groups in total. The molecule has 1 unspecified atom stereocenters. The second kappa shape index (κ2) is 5.34. The maximum absolute atomic E-state index is 3.60. The quantitative estimate of drug-likeness (QED) is 0.862. The van der Waals surface area contributed by atoms with Gasteiger partial charge in [-0.1, -0.05) is 6.92 Å². The third-order valence-electron chi connectivity index (χ3n) is 2.84. The SMILES string of the molecule is CCNC(c1ccc(C)s1)c1cc(C)sc1C. The first-order valence-corrected chi connectivity index (χ1v) is 7.61. The summed E-state index contributed by atoms with van der Waals surface area (Å²) in [7, 11) is 0. The summed E-state index contributed by atoms with van der Waals surface area (Å²) in [5, 5.41) is 3.60. The van der Waals surface area contributed by atoms with Crippen LogP contribution >= 0.6 is 22.7 Å². The van der Waals surface area contributed by atoms with Crippen LogP contribution in [0.4, 0.5) is 0 Å². The van der Waals surface area contributed by atoms with Crippen LogP contribution in [0.2, 0.25) is 0 Å². The number of rotatable bonds is 4. The highest BCUT2D eigenvalue weighted by Gasteiger charge is 2.18. The standard InChI is InChI=1S/C14H19NS2/c1-5-15-14(13-7-6-9(2)17-13)12-8-10(3)16-11(12)4/h6-8,14-15H,5H2,1-4H3. The fourth-order valence-corrected chi connectivity index (χ4v) is 4.05. The molecule has 0 amide bonds. The molecule has 17 heavy (non-hydrogen) atoms. The Hall–Kier alpha value is -0.640. The van der Waals surface area contributed by atoms with Crippen molar-refractivity contribution >= 4 is 22.7 Å². The zero-order valence-electron chi connectivity index (χ0n) is 10.8. The molecule has 0 aromatic carbocycles. The molecular formula is C14H19NS2. The highest BCUT2D eigenvalue weighted by molar-refractivity contribution is 7.12. The van der Waals surface area contributed by atoms with E-state index in [-0.39, 0.29) is 0 Å². The molecule has 0 aliphatic carbocycles. The van der Waals surface area contributed by atoms with E-state index in [4.69, 9.17) is 0 Å². The lowest BCUT2D eigenvalue weighted by Gasteiger charge is -2.16. The third-order valence-corrected chi connectivity index (χ3v) is 4.89. The average molecular weight is 265 g/mol. The summed E-state index contributed by atoms with van der Waals surface area (Å²) in [5.74, 6) is 0. The largest absolute Gasteiger partial charge is 0.306 e. The predicted octanol–water partition coefficient (Wildman–Crippen LogP) is 4.43. The fourth-order valence-electron chi connectivity index (χ4n) is 2.11. The van der Waals surface area contributed by atoms with Crippen molar-refractivity contribution < 1.29 is 0 Å². The molecule has 0 radical (unpaired) electrons. The minimum absolute atomic E-state index is 0.364. The Morgan fingerprint density at radius 1 is 1.12 bits per heavy atom. The lowest BCUT2D eigenvalue weighted by atomic mass is 10.1.